The summed E-state index contributed by atoms with van der Waals surface area (Å²) in [6.45, 7) is 1.99. The number of nitriles is 2. The number of fused-ring (bicyclic) bond motifs is 6. The lowest BCUT2D eigenvalue weighted by atomic mass is 10.1. The zero-order valence-electron chi connectivity index (χ0n) is 18.6. The van der Waals surface area contributed by atoms with Gasteiger partial charge in [0.05, 0.1) is 0 Å². The van der Waals surface area contributed by atoms with E-state index in [9.17, 15) is 9.59 Å². The van der Waals surface area contributed by atoms with Crippen molar-refractivity contribution in [2.24, 2.45) is 0 Å². The molecule has 36 heavy (non-hydrogen) atoms. The van der Waals surface area contributed by atoms with Gasteiger partial charge in [0.1, 0.15) is 39.9 Å². The van der Waals surface area contributed by atoms with Crippen LogP contribution in [-0.2, 0) is 0 Å². The van der Waals surface area contributed by atoms with Crippen molar-refractivity contribution < 1.29 is 9.59 Å². The Bertz CT molecular complexity index is 1690. The first-order valence-corrected chi connectivity index (χ1v) is 12.1. The molecule has 0 atom stereocenters. The summed E-state index contributed by atoms with van der Waals surface area (Å²) in [5.41, 5.74) is 4.42. The largest absolute Gasteiger partial charge is 0.287 e. The van der Waals surface area contributed by atoms with E-state index in [0.717, 1.165) is 11.3 Å². The molecule has 2 heterocycles. The van der Waals surface area contributed by atoms with E-state index in [-0.39, 0.29) is 33.8 Å². The van der Waals surface area contributed by atoms with Gasteiger partial charge in [-0.2, -0.15) is 10.5 Å². The molecule has 0 fully saturated rings. The Hall–Kier alpha value is -4.44. The summed E-state index contributed by atoms with van der Waals surface area (Å²) in [4.78, 5) is 40.9. The standard InChI is InChI=1S/C14H9N3OS.C12H4ClN3O/c1-2-19-14-10(7-15)16-12-11(17-14)8-5-3-4-6-9(8)13(12)18;13-12-8(5-14)15-10-9(16-12)6-3-1-2-4-7(6)11(10)17/h3-6H,2H2,1H3;1-4H. The highest BCUT2D eigenvalue weighted by Gasteiger charge is 2.31. The Balaban J connectivity index is 0.000000149. The lowest BCUT2D eigenvalue weighted by molar-refractivity contribution is 0.103. The van der Waals surface area contributed by atoms with E-state index in [2.05, 4.69) is 19.9 Å². The van der Waals surface area contributed by atoms with Crippen molar-refractivity contribution in [3.63, 3.8) is 0 Å². The van der Waals surface area contributed by atoms with Crippen LogP contribution in [0.2, 0.25) is 5.15 Å². The minimum absolute atomic E-state index is 0.0217. The number of nitrogens with zero attached hydrogens (tertiary/aromatic N) is 6. The maximum absolute atomic E-state index is 12.2. The second kappa shape index (κ2) is 9.31. The number of benzene rings is 2. The van der Waals surface area contributed by atoms with Crippen LogP contribution in [0.1, 0.15) is 50.4 Å². The molecular formula is C26H13ClN6O2S. The van der Waals surface area contributed by atoms with Gasteiger partial charge in [0.2, 0.25) is 11.6 Å². The molecule has 6 rings (SSSR count). The zero-order chi connectivity index (χ0) is 25.4. The molecule has 0 saturated heterocycles. The van der Waals surface area contributed by atoms with Crippen molar-refractivity contribution in [1.29, 1.82) is 10.5 Å². The first kappa shape index (κ1) is 23.3. The topological polar surface area (TPSA) is 133 Å². The predicted octanol–water partition coefficient (Wildman–Crippen LogP) is 4.88. The molecule has 0 saturated carbocycles. The fourth-order valence-corrected chi connectivity index (χ4v) is 4.77. The third kappa shape index (κ3) is 3.72. The first-order valence-electron chi connectivity index (χ1n) is 10.7. The highest BCUT2D eigenvalue weighted by molar-refractivity contribution is 7.99. The quantitative estimate of drug-likeness (QED) is 0.300. The van der Waals surface area contributed by atoms with Crippen LogP contribution in [-0.4, -0.2) is 37.3 Å². The summed E-state index contributed by atoms with van der Waals surface area (Å²) in [5, 5.41) is 18.5. The van der Waals surface area contributed by atoms with Gasteiger partial charge < -0.3 is 0 Å². The van der Waals surface area contributed by atoms with Crippen molar-refractivity contribution in [1.82, 2.24) is 19.9 Å². The second-order valence-corrected chi connectivity index (χ2v) is 9.15. The molecule has 0 unspecified atom stereocenters. The number of hydrogen-bond acceptors (Lipinski definition) is 9. The van der Waals surface area contributed by atoms with E-state index in [0.29, 0.717) is 38.8 Å². The molecule has 2 aromatic carbocycles. The van der Waals surface area contributed by atoms with Gasteiger partial charge in [-0.05, 0) is 5.75 Å². The predicted molar refractivity (Wildman–Crippen MR) is 133 cm³/mol. The molecule has 4 aromatic rings. The summed E-state index contributed by atoms with van der Waals surface area (Å²) in [7, 11) is 0. The number of hydrogen-bond donors (Lipinski definition) is 0. The van der Waals surface area contributed by atoms with Crippen LogP contribution in [0.25, 0.3) is 22.5 Å². The van der Waals surface area contributed by atoms with Crippen LogP contribution in [0.3, 0.4) is 0 Å². The monoisotopic (exact) mass is 508 g/mol. The fourth-order valence-electron chi connectivity index (χ4n) is 3.94. The summed E-state index contributed by atoms with van der Waals surface area (Å²) in [6, 6.07) is 18.2. The molecule has 2 aliphatic carbocycles. The van der Waals surface area contributed by atoms with Gasteiger partial charge in [0, 0.05) is 22.3 Å². The summed E-state index contributed by atoms with van der Waals surface area (Å²) in [5.74, 6) is 0.441. The molecule has 2 aromatic heterocycles. The van der Waals surface area contributed by atoms with Crippen LogP contribution >= 0.6 is 23.4 Å². The average Bonchev–Trinajstić information content (AvgIpc) is 3.34. The van der Waals surface area contributed by atoms with Crippen molar-refractivity contribution in [2.75, 3.05) is 5.75 Å². The maximum atomic E-state index is 12.2. The highest BCUT2D eigenvalue weighted by Crippen LogP contribution is 2.36. The Labute approximate surface area is 214 Å². The lowest BCUT2D eigenvalue weighted by Crippen LogP contribution is -2.03. The molecule has 0 radical (unpaired) electrons. The number of ketones is 2. The fraction of sp³-hybridized carbons (Fsp3) is 0.0769. The number of carbonyl (C=O) groups excluding carboxylic acids is 2. The number of aromatic nitrogens is 4. The van der Waals surface area contributed by atoms with Crippen LogP contribution in [0.4, 0.5) is 0 Å². The minimum atomic E-state index is -0.212. The number of carbonyl (C=O) groups is 2. The summed E-state index contributed by atoms with van der Waals surface area (Å²) < 4.78 is 0. The number of thioether (sulfide) groups is 1. The molecule has 0 amide bonds. The van der Waals surface area contributed by atoms with Crippen molar-refractivity contribution in [2.45, 2.75) is 11.9 Å². The molecule has 2 aliphatic rings. The smallest absolute Gasteiger partial charge is 0.214 e. The molecule has 172 valence electrons. The third-order valence-corrected chi connectivity index (χ3v) is 6.60. The van der Waals surface area contributed by atoms with Gasteiger partial charge in [0.15, 0.2) is 16.5 Å². The van der Waals surface area contributed by atoms with E-state index >= 15 is 0 Å². The van der Waals surface area contributed by atoms with Gasteiger partial charge in [-0.3, -0.25) is 9.59 Å². The summed E-state index contributed by atoms with van der Waals surface area (Å²) in [6.07, 6.45) is 0. The van der Waals surface area contributed by atoms with E-state index in [1.165, 1.54) is 11.8 Å². The van der Waals surface area contributed by atoms with Crippen molar-refractivity contribution in [3.05, 3.63) is 87.6 Å². The third-order valence-electron chi connectivity index (χ3n) is 5.49. The Morgan fingerprint density at radius 1 is 0.722 bits per heavy atom. The SMILES string of the molecule is CCSc1nc2c(nc1C#N)C(=O)c1ccccc1-2.N#Cc1nc2c(nc1Cl)-c1ccccc1C2=O. The van der Waals surface area contributed by atoms with E-state index in [1.54, 1.807) is 24.3 Å². The Morgan fingerprint density at radius 2 is 1.19 bits per heavy atom. The summed E-state index contributed by atoms with van der Waals surface area (Å²) >= 11 is 7.28. The van der Waals surface area contributed by atoms with Gasteiger partial charge in [0.25, 0.3) is 0 Å². The molecular weight excluding hydrogens is 496 g/mol. The van der Waals surface area contributed by atoms with E-state index in [1.807, 2.05) is 43.3 Å². The maximum Gasteiger partial charge on any atom is 0.214 e. The number of halogens is 1. The van der Waals surface area contributed by atoms with Gasteiger partial charge in [-0.25, -0.2) is 19.9 Å². The second-order valence-electron chi connectivity index (χ2n) is 7.54. The minimum Gasteiger partial charge on any atom is -0.287 e. The van der Waals surface area contributed by atoms with E-state index < -0.39 is 0 Å². The number of rotatable bonds is 2. The Morgan fingerprint density at radius 3 is 1.69 bits per heavy atom. The van der Waals surface area contributed by atoms with Gasteiger partial charge in [-0.1, -0.05) is 67.1 Å². The Kier molecular flexibility index (Phi) is 6.03. The van der Waals surface area contributed by atoms with Gasteiger partial charge >= 0.3 is 0 Å². The van der Waals surface area contributed by atoms with Crippen molar-refractivity contribution in [3.8, 4) is 34.7 Å². The van der Waals surface area contributed by atoms with Crippen molar-refractivity contribution >= 4 is 34.9 Å². The molecule has 10 heteroatoms. The molecule has 0 bridgehead atoms. The van der Waals surface area contributed by atoms with Crippen LogP contribution in [0, 0.1) is 22.7 Å². The molecule has 0 aliphatic heterocycles. The molecule has 8 nitrogen and oxygen atoms in total. The van der Waals surface area contributed by atoms with Crippen LogP contribution in [0.15, 0.2) is 53.6 Å². The van der Waals surface area contributed by atoms with E-state index in [4.69, 9.17) is 22.1 Å². The molecule has 0 spiro atoms. The highest BCUT2D eigenvalue weighted by atomic mass is 35.5. The van der Waals surface area contributed by atoms with Gasteiger partial charge in [-0.15, -0.1) is 11.8 Å². The first-order chi connectivity index (χ1) is 17.5. The van der Waals surface area contributed by atoms with Crippen LogP contribution < -0.4 is 0 Å². The lowest BCUT2D eigenvalue weighted by Gasteiger charge is -2.03. The normalized spacial score (nSPS) is 11.9. The zero-order valence-corrected chi connectivity index (χ0v) is 20.2. The average molecular weight is 509 g/mol. The molecule has 0 N–H and O–H groups in total. The van der Waals surface area contributed by atoms with Crippen LogP contribution in [0.5, 0.6) is 0 Å².